The number of aromatic nitrogens is 6. The van der Waals surface area contributed by atoms with Crippen molar-refractivity contribution < 1.29 is 4.79 Å². The summed E-state index contributed by atoms with van der Waals surface area (Å²) in [5.41, 5.74) is 2.59. The molecule has 1 saturated heterocycles. The van der Waals surface area contributed by atoms with Gasteiger partial charge in [0.05, 0.1) is 11.9 Å². The fraction of sp³-hybridized carbons (Fsp3) is 0.318. The lowest BCUT2D eigenvalue weighted by Gasteiger charge is -2.24. The van der Waals surface area contributed by atoms with Crippen LogP contribution in [0, 0.1) is 0 Å². The Bertz CT molecular complexity index is 1260. The Morgan fingerprint density at radius 1 is 1.16 bits per heavy atom. The summed E-state index contributed by atoms with van der Waals surface area (Å²) in [7, 11) is 0. The number of hydrogen-bond acceptors (Lipinski definition) is 7. The van der Waals surface area contributed by atoms with Gasteiger partial charge in [-0.3, -0.25) is 19.3 Å². The largest absolute Gasteiger partial charge is 0.329 e. The number of H-pyrrole nitrogens is 1. The van der Waals surface area contributed by atoms with E-state index >= 15 is 0 Å². The molecule has 2 aliphatic rings. The maximum absolute atomic E-state index is 13.0. The average Bonchev–Trinajstić information content (AvgIpc) is 3.20. The highest BCUT2D eigenvalue weighted by Crippen LogP contribution is 2.39. The van der Waals surface area contributed by atoms with Crippen LogP contribution in [-0.2, 0) is 4.79 Å². The molecule has 10 heteroatoms. The topological polar surface area (TPSA) is 116 Å². The summed E-state index contributed by atoms with van der Waals surface area (Å²) in [6, 6.07) is 9.18. The second kappa shape index (κ2) is 7.63. The first kappa shape index (κ1) is 18.8. The molecule has 5 heterocycles. The summed E-state index contributed by atoms with van der Waals surface area (Å²) in [4.78, 5) is 28.5. The molecule has 0 radical (unpaired) electrons. The molecule has 1 atom stereocenters. The van der Waals surface area contributed by atoms with Gasteiger partial charge in [0.2, 0.25) is 17.8 Å². The normalized spacial score (nSPS) is 18.2. The van der Waals surface area contributed by atoms with E-state index in [-0.39, 0.29) is 11.9 Å². The van der Waals surface area contributed by atoms with Gasteiger partial charge in [-0.15, -0.1) is 0 Å². The number of nitrogens with one attached hydrogen (secondary N) is 3. The highest BCUT2D eigenvalue weighted by molar-refractivity contribution is 5.96. The molecule has 1 aliphatic heterocycles. The van der Waals surface area contributed by atoms with E-state index in [0.29, 0.717) is 23.5 Å². The number of aromatic amines is 1. The van der Waals surface area contributed by atoms with Crippen molar-refractivity contribution in [3.8, 4) is 0 Å². The number of pyridine rings is 1. The van der Waals surface area contributed by atoms with E-state index in [9.17, 15) is 4.79 Å². The molecule has 0 spiro atoms. The van der Waals surface area contributed by atoms with Crippen molar-refractivity contribution in [3.05, 3.63) is 54.6 Å². The van der Waals surface area contributed by atoms with Gasteiger partial charge in [0.25, 0.3) is 0 Å². The van der Waals surface area contributed by atoms with Gasteiger partial charge in [0.15, 0.2) is 5.82 Å². The van der Waals surface area contributed by atoms with Crippen LogP contribution in [0.2, 0.25) is 0 Å². The molecule has 0 bridgehead atoms. The van der Waals surface area contributed by atoms with Gasteiger partial charge in [-0.05, 0) is 49.9 Å². The summed E-state index contributed by atoms with van der Waals surface area (Å²) in [6.45, 7) is 0.718. The number of amides is 1. The van der Waals surface area contributed by atoms with Crippen molar-refractivity contribution in [1.82, 2.24) is 29.5 Å². The Kier molecular flexibility index (Phi) is 4.48. The van der Waals surface area contributed by atoms with E-state index in [1.807, 2.05) is 39.8 Å². The molecule has 0 aromatic carbocycles. The van der Waals surface area contributed by atoms with E-state index < -0.39 is 0 Å². The lowest BCUT2D eigenvalue weighted by molar-refractivity contribution is -0.117. The second-order valence-corrected chi connectivity index (χ2v) is 8.27. The molecular formula is C22H23N9O. The molecular weight excluding hydrogens is 406 g/mol. The fourth-order valence-corrected chi connectivity index (χ4v) is 4.19. The monoisotopic (exact) mass is 429 g/mol. The first-order chi connectivity index (χ1) is 15.7. The first-order valence-corrected chi connectivity index (χ1v) is 10.9. The molecule has 1 saturated carbocycles. The van der Waals surface area contributed by atoms with Crippen LogP contribution in [0.1, 0.15) is 37.3 Å². The average molecular weight is 429 g/mol. The van der Waals surface area contributed by atoms with Crippen molar-refractivity contribution >= 4 is 35.0 Å². The van der Waals surface area contributed by atoms with Crippen LogP contribution in [-0.4, -0.2) is 48.0 Å². The van der Waals surface area contributed by atoms with Gasteiger partial charge in [-0.2, -0.15) is 15.1 Å². The lowest BCUT2D eigenvalue weighted by atomic mass is 10.2. The Morgan fingerprint density at radius 3 is 2.94 bits per heavy atom. The third-order valence-corrected chi connectivity index (χ3v) is 5.97. The molecule has 1 aliphatic carbocycles. The summed E-state index contributed by atoms with van der Waals surface area (Å²) >= 11 is 0. The van der Waals surface area contributed by atoms with Crippen molar-refractivity contribution in [2.45, 2.75) is 37.6 Å². The zero-order chi connectivity index (χ0) is 21.5. The standard InChI is InChI=1S/C22H23N9O/c32-20(24-15-4-1-9-23-13-15)17-5-2-10-30(17)22-26-19-6-3-11-31(19)21(27-22)25-18-12-16(28-29-18)14-7-8-14/h1,3-4,6,9,11-14,17H,2,5,7-8,10H2,(H,24,32)(H2,25,26,27,28,29)/t17-/m0/s1. The predicted molar refractivity (Wildman–Crippen MR) is 120 cm³/mol. The molecule has 6 rings (SSSR count). The summed E-state index contributed by atoms with van der Waals surface area (Å²) < 4.78 is 1.88. The Labute approximate surface area is 184 Å². The third-order valence-electron chi connectivity index (χ3n) is 5.97. The number of rotatable bonds is 6. The quantitative estimate of drug-likeness (QED) is 0.431. The van der Waals surface area contributed by atoms with Gasteiger partial charge in [-0.25, -0.2) is 0 Å². The van der Waals surface area contributed by atoms with Crippen molar-refractivity contribution in [3.63, 3.8) is 0 Å². The van der Waals surface area contributed by atoms with Crippen LogP contribution >= 0.6 is 0 Å². The van der Waals surface area contributed by atoms with Crippen LogP contribution in [0.4, 0.5) is 23.4 Å². The molecule has 2 fully saturated rings. The number of carbonyl (C=O) groups is 1. The van der Waals surface area contributed by atoms with Gasteiger partial charge in [0, 0.05) is 36.6 Å². The maximum Gasteiger partial charge on any atom is 0.247 e. The van der Waals surface area contributed by atoms with Crippen molar-refractivity contribution in [2.75, 3.05) is 22.1 Å². The predicted octanol–water partition coefficient (Wildman–Crippen LogP) is 3.08. The van der Waals surface area contributed by atoms with Gasteiger partial charge < -0.3 is 15.5 Å². The molecule has 10 nitrogen and oxygen atoms in total. The minimum absolute atomic E-state index is 0.0785. The van der Waals surface area contributed by atoms with Gasteiger partial charge in [0.1, 0.15) is 11.7 Å². The van der Waals surface area contributed by atoms with Gasteiger partial charge in [-0.1, -0.05) is 0 Å². The second-order valence-electron chi connectivity index (χ2n) is 8.27. The van der Waals surface area contributed by atoms with E-state index in [1.54, 1.807) is 18.5 Å². The number of hydrogen-bond donors (Lipinski definition) is 3. The summed E-state index contributed by atoms with van der Waals surface area (Å²) in [5, 5.41) is 13.8. The Morgan fingerprint density at radius 2 is 2.09 bits per heavy atom. The SMILES string of the molecule is O=C(Nc1cccnc1)[C@@H]1CCCN1c1nc(Nc2cc(C3CC3)[nH]n2)n2cccc2n1. The molecule has 1 amide bonds. The minimum Gasteiger partial charge on any atom is -0.329 e. The molecule has 3 N–H and O–H groups in total. The molecule has 0 unspecified atom stereocenters. The molecule has 4 aromatic rings. The number of nitrogens with zero attached hydrogens (tertiary/aromatic N) is 6. The van der Waals surface area contributed by atoms with Crippen molar-refractivity contribution in [2.24, 2.45) is 0 Å². The molecule has 4 aromatic heterocycles. The summed E-state index contributed by atoms with van der Waals surface area (Å²) in [6.07, 6.45) is 9.29. The Balaban J connectivity index is 1.28. The molecule has 32 heavy (non-hydrogen) atoms. The smallest absolute Gasteiger partial charge is 0.247 e. The zero-order valence-corrected chi connectivity index (χ0v) is 17.4. The van der Waals surface area contributed by atoms with Crippen LogP contribution in [0.25, 0.3) is 5.65 Å². The highest BCUT2D eigenvalue weighted by Gasteiger charge is 2.33. The van der Waals surface area contributed by atoms with Crippen molar-refractivity contribution in [1.29, 1.82) is 0 Å². The Hall–Kier alpha value is -3.95. The van der Waals surface area contributed by atoms with E-state index in [4.69, 9.17) is 9.97 Å². The lowest BCUT2D eigenvalue weighted by Crippen LogP contribution is -2.40. The van der Waals surface area contributed by atoms with E-state index in [1.165, 1.54) is 12.8 Å². The number of anilines is 4. The highest BCUT2D eigenvalue weighted by atomic mass is 16.2. The first-order valence-electron chi connectivity index (χ1n) is 10.9. The van der Waals surface area contributed by atoms with Gasteiger partial charge >= 0.3 is 0 Å². The molecule has 162 valence electrons. The third kappa shape index (κ3) is 3.53. The minimum atomic E-state index is -0.340. The fourth-order valence-electron chi connectivity index (χ4n) is 4.19. The van der Waals surface area contributed by atoms with Crippen LogP contribution in [0.3, 0.4) is 0 Å². The number of fused-ring (bicyclic) bond motifs is 1. The maximum atomic E-state index is 13.0. The van der Waals surface area contributed by atoms with E-state index in [0.717, 1.165) is 36.5 Å². The van der Waals surface area contributed by atoms with Crippen LogP contribution < -0.4 is 15.5 Å². The van der Waals surface area contributed by atoms with Crippen LogP contribution in [0.5, 0.6) is 0 Å². The number of carbonyl (C=O) groups excluding carboxylic acids is 1. The van der Waals surface area contributed by atoms with Crippen LogP contribution in [0.15, 0.2) is 48.9 Å². The zero-order valence-electron chi connectivity index (χ0n) is 17.4. The van der Waals surface area contributed by atoms with E-state index in [2.05, 4.69) is 25.8 Å². The summed E-state index contributed by atoms with van der Waals surface area (Å²) in [5.74, 6) is 2.38.